The zero-order valence-corrected chi connectivity index (χ0v) is 44.7. The quantitative estimate of drug-likeness (QED) is 0.0222. The number of hydrogen-bond acceptors (Lipinski definition) is 15. The highest BCUT2D eigenvalue weighted by molar-refractivity contribution is 5.70. The largest absolute Gasteiger partial charge is 0.462 e. The number of rotatable bonds is 47. The number of aliphatic hydroxyl groups excluding tert-OH is 7. The SMILES string of the molecule is CCCCCCCCCCCCCCCCCCCCCCCC(=O)OC(COC(=O)CCCCCCCCCCCCCCCC)COC1OC(COC2OC(CO)C(O)C(O)C2O)C(O)C(O)C1O. The first-order valence-corrected chi connectivity index (χ1v) is 29.1. The maximum Gasteiger partial charge on any atom is 0.306 e. The lowest BCUT2D eigenvalue weighted by molar-refractivity contribution is -0.332. The van der Waals surface area contributed by atoms with Crippen LogP contribution in [-0.2, 0) is 38.0 Å². The molecule has 0 amide bonds. The van der Waals surface area contributed by atoms with Gasteiger partial charge in [-0.1, -0.05) is 226 Å². The van der Waals surface area contributed by atoms with Gasteiger partial charge < -0.3 is 64.2 Å². The average Bonchev–Trinajstić information content (AvgIpc) is 3.36. The molecule has 2 saturated heterocycles. The lowest BCUT2D eigenvalue weighted by atomic mass is 9.98. The second-order valence-electron chi connectivity index (χ2n) is 20.8. The van der Waals surface area contributed by atoms with Crippen LogP contribution in [0.15, 0.2) is 0 Å². The summed E-state index contributed by atoms with van der Waals surface area (Å²) in [4.78, 5) is 25.9. The number of carbonyl (C=O) groups is 2. The molecule has 0 aromatic rings. The van der Waals surface area contributed by atoms with Gasteiger partial charge in [-0.05, 0) is 12.8 Å². The van der Waals surface area contributed by atoms with Gasteiger partial charge in [-0.2, -0.15) is 0 Å². The number of esters is 2. The van der Waals surface area contributed by atoms with Crippen LogP contribution in [-0.4, -0.2) is 142 Å². The third-order valence-corrected chi connectivity index (χ3v) is 14.3. The molecule has 0 aromatic heterocycles. The first-order valence-electron chi connectivity index (χ1n) is 29.1. The second kappa shape index (κ2) is 43.7. The predicted octanol–water partition coefficient (Wildman–Crippen LogP) is 9.56. The van der Waals surface area contributed by atoms with Gasteiger partial charge in [-0.15, -0.1) is 0 Å². The highest BCUT2D eigenvalue weighted by atomic mass is 16.7. The number of ether oxygens (including phenoxy) is 6. The van der Waals surface area contributed by atoms with Gasteiger partial charge >= 0.3 is 11.9 Å². The van der Waals surface area contributed by atoms with E-state index < -0.39 is 92.7 Å². The topological polar surface area (TPSA) is 231 Å². The Morgan fingerprint density at radius 3 is 1.10 bits per heavy atom. The fourth-order valence-electron chi connectivity index (χ4n) is 9.57. The van der Waals surface area contributed by atoms with Crippen molar-refractivity contribution in [2.75, 3.05) is 26.4 Å². The third kappa shape index (κ3) is 31.2. The summed E-state index contributed by atoms with van der Waals surface area (Å²) in [6.07, 6.45) is 27.0. The fraction of sp³-hybridized carbons (Fsp3) is 0.964. The lowest BCUT2D eigenvalue weighted by Crippen LogP contribution is -2.61. The molecule has 0 spiro atoms. The van der Waals surface area contributed by atoms with E-state index in [9.17, 15) is 45.3 Å². The van der Waals surface area contributed by atoms with Crippen LogP contribution in [0.25, 0.3) is 0 Å². The van der Waals surface area contributed by atoms with Crippen molar-refractivity contribution in [2.45, 2.75) is 319 Å². The maximum atomic E-state index is 13.1. The molecule has 0 aromatic carbocycles. The molecule has 0 saturated carbocycles. The molecule has 71 heavy (non-hydrogen) atoms. The molecule has 2 aliphatic rings. The van der Waals surface area contributed by atoms with Crippen LogP contribution in [0, 0.1) is 0 Å². The van der Waals surface area contributed by atoms with Gasteiger partial charge in [-0.25, -0.2) is 0 Å². The van der Waals surface area contributed by atoms with Crippen molar-refractivity contribution in [3.05, 3.63) is 0 Å². The predicted molar refractivity (Wildman–Crippen MR) is 275 cm³/mol. The smallest absolute Gasteiger partial charge is 0.306 e. The summed E-state index contributed by atoms with van der Waals surface area (Å²) in [5.74, 6) is -0.905. The van der Waals surface area contributed by atoms with Crippen LogP contribution in [0.5, 0.6) is 0 Å². The Kier molecular flexibility index (Phi) is 40.4. The number of unbranched alkanes of at least 4 members (excludes halogenated alkanes) is 33. The molecule has 2 heterocycles. The molecular formula is C56H106O15. The standard InChI is InChI=1S/C56H106O15/c1-3-5-7-9-11-13-15-17-19-20-21-22-23-24-25-27-29-31-33-35-37-39-48(59)69-44(41-66-47(58)38-36-34-32-30-28-26-18-16-14-12-10-8-6-4-2)42-67-55-54(65)52(63)50(61)46(71-55)43-68-56-53(64)51(62)49(60)45(40-57)70-56/h44-46,49-57,60-65H,3-43H2,1-2H3. The van der Waals surface area contributed by atoms with Crippen LogP contribution in [0.3, 0.4) is 0 Å². The van der Waals surface area contributed by atoms with Crippen molar-refractivity contribution in [3.8, 4) is 0 Å². The molecule has 2 rings (SSSR count). The maximum absolute atomic E-state index is 13.1. The van der Waals surface area contributed by atoms with E-state index in [1.807, 2.05) is 0 Å². The number of hydrogen-bond donors (Lipinski definition) is 7. The summed E-state index contributed by atoms with van der Waals surface area (Å²) >= 11 is 0. The second-order valence-corrected chi connectivity index (χ2v) is 20.8. The van der Waals surface area contributed by atoms with Crippen molar-refractivity contribution in [1.29, 1.82) is 0 Å². The Labute approximate surface area is 429 Å². The van der Waals surface area contributed by atoms with Crippen molar-refractivity contribution in [3.63, 3.8) is 0 Å². The van der Waals surface area contributed by atoms with Gasteiger partial charge in [0.25, 0.3) is 0 Å². The Morgan fingerprint density at radius 1 is 0.394 bits per heavy atom. The molecule has 2 fully saturated rings. The molecule has 11 atom stereocenters. The molecule has 15 nitrogen and oxygen atoms in total. The average molecular weight is 1020 g/mol. The van der Waals surface area contributed by atoms with E-state index in [0.717, 1.165) is 38.5 Å². The molecular weight excluding hydrogens is 913 g/mol. The zero-order valence-electron chi connectivity index (χ0n) is 44.7. The molecule has 420 valence electrons. The molecule has 0 bridgehead atoms. The van der Waals surface area contributed by atoms with Gasteiger partial charge in [0.15, 0.2) is 18.7 Å². The van der Waals surface area contributed by atoms with Gasteiger partial charge in [0, 0.05) is 12.8 Å². The van der Waals surface area contributed by atoms with E-state index in [-0.39, 0.29) is 26.1 Å². The van der Waals surface area contributed by atoms with E-state index in [2.05, 4.69) is 13.8 Å². The normalized spacial score (nSPS) is 25.1. The summed E-state index contributed by atoms with van der Waals surface area (Å²) in [5.41, 5.74) is 0. The van der Waals surface area contributed by atoms with E-state index in [1.54, 1.807) is 0 Å². The van der Waals surface area contributed by atoms with Crippen molar-refractivity contribution < 1.29 is 73.8 Å². The van der Waals surface area contributed by atoms with Crippen LogP contribution >= 0.6 is 0 Å². The molecule has 15 heteroatoms. The van der Waals surface area contributed by atoms with Crippen molar-refractivity contribution in [1.82, 2.24) is 0 Å². The Bertz CT molecular complexity index is 1240. The van der Waals surface area contributed by atoms with E-state index in [4.69, 9.17) is 28.4 Å². The third-order valence-electron chi connectivity index (χ3n) is 14.3. The molecule has 0 radical (unpaired) electrons. The first kappa shape index (κ1) is 65.6. The molecule has 2 aliphatic heterocycles. The summed E-state index contributed by atoms with van der Waals surface area (Å²) in [6.45, 7) is 2.65. The molecule has 11 unspecified atom stereocenters. The summed E-state index contributed by atoms with van der Waals surface area (Å²) < 4.78 is 33.7. The van der Waals surface area contributed by atoms with E-state index in [1.165, 1.54) is 173 Å². The minimum Gasteiger partial charge on any atom is -0.462 e. The Morgan fingerprint density at radius 2 is 0.718 bits per heavy atom. The van der Waals surface area contributed by atoms with E-state index in [0.29, 0.717) is 12.8 Å². The van der Waals surface area contributed by atoms with Crippen LogP contribution < -0.4 is 0 Å². The van der Waals surface area contributed by atoms with Crippen LogP contribution in [0.4, 0.5) is 0 Å². The molecule has 7 N–H and O–H groups in total. The highest BCUT2D eigenvalue weighted by Crippen LogP contribution is 2.27. The number of carbonyl (C=O) groups excluding carboxylic acids is 2. The van der Waals surface area contributed by atoms with Gasteiger partial charge in [0.1, 0.15) is 55.4 Å². The van der Waals surface area contributed by atoms with Gasteiger partial charge in [0.05, 0.1) is 19.8 Å². The first-order chi connectivity index (χ1) is 34.5. The van der Waals surface area contributed by atoms with Crippen LogP contribution in [0.2, 0.25) is 0 Å². The fourth-order valence-corrected chi connectivity index (χ4v) is 9.57. The Balaban J connectivity index is 1.73. The summed E-state index contributed by atoms with van der Waals surface area (Å²) in [7, 11) is 0. The van der Waals surface area contributed by atoms with E-state index >= 15 is 0 Å². The van der Waals surface area contributed by atoms with Crippen molar-refractivity contribution in [2.24, 2.45) is 0 Å². The van der Waals surface area contributed by atoms with Gasteiger partial charge in [-0.3, -0.25) is 9.59 Å². The van der Waals surface area contributed by atoms with Gasteiger partial charge in [0.2, 0.25) is 0 Å². The lowest BCUT2D eigenvalue weighted by Gasteiger charge is -2.42. The monoisotopic (exact) mass is 1020 g/mol. The zero-order chi connectivity index (χ0) is 51.7. The minimum atomic E-state index is -1.76. The number of aliphatic hydroxyl groups is 7. The van der Waals surface area contributed by atoms with Crippen molar-refractivity contribution >= 4 is 11.9 Å². The minimum absolute atomic E-state index is 0.174. The summed E-state index contributed by atoms with van der Waals surface area (Å²) in [5, 5.41) is 72.2. The molecule has 0 aliphatic carbocycles. The summed E-state index contributed by atoms with van der Waals surface area (Å²) in [6, 6.07) is 0. The highest BCUT2D eigenvalue weighted by Gasteiger charge is 2.47. The Hall–Kier alpha value is -1.50. The van der Waals surface area contributed by atoms with Crippen LogP contribution in [0.1, 0.15) is 251 Å².